The van der Waals surface area contributed by atoms with E-state index in [-0.39, 0.29) is 11.9 Å². The van der Waals surface area contributed by atoms with Crippen LogP contribution in [0, 0.1) is 13.8 Å². The van der Waals surface area contributed by atoms with Crippen molar-refractivity contribution in [1.29, 1.82) is 0 Å². The van der Waals surface area contributed by atoms with Crippen LogP contribution in [0.4, 0.5) is 0 Å². The molecule has 1 atom stereocenters. The lowest BCUT2D eigenvalue weighted by Gasteiger charge is -2.35. The maximum Gasteiger partial charge on any atom is 0.272 e. The number of piperazine rings is 1. The first-order valence-electron chi connectivity index (χ1n) is 6.29. The third kappa shape index (κ3) is 2.68. The predicted molar refractivity (Wildman–Crippen MR) is 70.5 cm³/mol. The van der Waals surface area contributed by atoms with E-state index in [1.54, 1.807) is 0 Å². The fourth-order valence-electron chi connectivity index (χ4n) is 2.34. The van der Waals surface area contributed by atoms with Crippen molar-refractivity contribution in [2.45, 2.75) is 19.9 Å². The number of aryl methyl sites for hydroxylation is 2. The molecule has 98 valence electrons. The third-order valence-electron chi connectivity index (χ3n) is 3.20. The molecule has 1 aromatic heterocycles. The van der Waals surface area contributed by atoms with Crippen LogP contribution in [0.25, 0.3) is 0 Å². The number of aromatic nitrogens is 1. The lowest BCUT2D eigenvalue weighted by molar-refractivity contribution is 0.0638. The molecule has 0 aliphatic carbocycles. The zero-order chi connectivity index (χ0) is 13.1. The summed E-state index contributed by atoms with van der Waals surface area (Å²) in [5.41, 5.74) is 8.17. The molecule has 1 aliphatic rings. The summed E-state index contributed by atoms with van der Waals surface area (Å²) in [6, 6.07) is 3.87. The highest BCUT2D eigenvalue weighted by Gasteiger charge is 2.27. The second-order valence-electron chi connectivity index (χ2n) is 4.76. The average molecular weight is 248 g/mol. The van der Waals surface area contributed by atoms with Crippen molar-refractivity contribution < 1.29 is 4.79 Å². The van der Waals surface area contributed by atoms with Gasteiger partial charge in [0.2, 0.25) is 0 Å². The van der Waals surface area contributed by atoms with E-state index in [1.807, 2.05) is 30.9 Å². The summed E-state index contributed by atoms with van der Waals surface area (Å²) in [6.45, 7) is 6.62. The molecular formula is C13H20N4O. The van der Waals surface area contributed by atoms with Gasteiger partial charge in [0.05, 0.1) is 6.04 Å². The lowest BCUT2D eigenvalue weighted by atomic mass is 10.1. The second-order valence-corrected chi connectivity index (χ2v) is 4.76. The van der Waals surface area contributed by atoms with Crippen molar-refractivity contribution in [3.8, 4) is 0 Å². The van der Waals surface area contributed by atoms with Crippen LogP contribution < -0.4 is 11.1 Å². The maximum absolute atomic E-state index is 12.5. The van der Waals surface area contributed by atoms with Gasteiger partial charge in [-0.1, -0.05) is 0 Å². The molecule has 2 rings (SSSR count). The molecule has 0 bridgehead atoms. The normalized spacial score (nSPS) is 19.9. The molecule has 5 nitrogen and oxygen atoms in total. The Bertz CT molecular complexity index is 426. The van der Waals surface area contributed by atoms with Crippen LogP contribution in [0.1, 0.15) is 21.7 Å². The molecule has 3 N–H and O–H groups in total. The molecule has 0 saturated carbocycles. The van der Waals surface area contributed by atoms with Crippen LogP contribution in [0.2, 0.25) is 0 Å². The smallest absolute Gasteiger partial charge is 0.272 e. The molecule has 0 radical (unpaired) electrons. The van der Waals surface area contributed by atoms with Gasteiger partial charge in [0.1, 0.15) is 5.69 Å². The molecule has 1 saturated heterocycles. The Balaban J connectivity index is 2.23. The van der Waals surface area contributed by atoms with E-state index in [2.05, 4.69) is 10.3 Å². The molecule has 0 aromatic carbocycles. The average Bonchev–Trinajstić information content (AvgIpc) is 2.36. The minimum Gasteiger partial charge on any atom is -0.331 e. The molecule has 1 amide bonds. The number of carbonyl (C=O) groups excluding carboxylic acids is 1. The standard InChI is InChI=1S/C13H20N4O/c1-9-5-10(2)16-12(6-9)13(18)17-4-3-15-8-11(17)7-14/h5-6,11,15H,3-4,7-8,14H2,1-2H3. The lowest BCUT2D eigenvalue weighted by Crippen LogP contribution is -2.56. The summed E-state index contributed by atoms with van der Waals surface area (Å²) >= 11 is 0. The highest BCUT2D eigenvalue weighted by Crippen LogP contribution is 2.11. The number of rotatable bonds is 2. The number of nitrogens with two attached hydrogens (primary N) is 1. The zero-order valence-electron chi connectivity index (χ0n) is 10.9. The van der Waals surface area contributed by atoms with Crippen molar-refractivity contribution >= 4 is 5.91 Å². The Kier molecular flexibility index (Phi) is 3.93. The molecular weight excluding hydrogens is 228 g/mol. The van der Waals surface area contributed by atoms with Gasteiger partial charge in [-0.25, -0.2) is 4.98 Å². The number of pyridine rings is 1. The number of amides is 1. The van der Waals surface area contributed by atoms with Crippen LogP contribution in [-0.4, -0.2) is 48.0 Å². The van der Waals surface area contributed by atoms with Crippen molar-refractivity contribution in [3.05, 3.63) is 29.1 Å². The highest BCUT2D eigenvalue weighted by atomic mass is 16.2. The van der Waals surface area contributed by atoms with Crippen molar-refractivity contribution in [3.63, 3.8) is 0 Å². The Hall–Kier alpha value is -1.46. The monoisotopic (exact) mass is 248 g/mol. The largest absolute Gasteiger partial charge is 0.331 e. The van der Waals surface area contributed by atoms with Gasteiger partial charge in [-0.2, -0.15) is 0 Å². The Morgan fingerprint density at radius 1 is 1.56 bits per heavy atom. The van der Waals surface area contributed by atoms with Gasteiger partial charge < -0.3 is 16.0 Å². The molecule has 2 heterocycles. The quantitative estimate of drug-likeness (QED) is 0.777. The summed E-state index contributed by atoms with van der Waals surface area (Å²) < 4.78 is 0. The van der Waals surface area contributed by atoms with E-state index in [1.165, 1.54) is 0 Å². The SMILES string of the molecule is Cc1cc(C)nc(C(=O)N2CCNCC2CN)c1. The fraction of sp³-hybridized carbons (Fsp3) is 0.538. The summed E-state index contributed by atoms with van der Waals surface area (Å²) in [5, 5.41) is 3.25. The van der Waals surface area contributed by atoms with Crippen LogP contribution >= 0.6 is 0 Å². The van der Waals surface area contributed by atoms with Crippen LogP contribution in [-0.2, 0) is 0 Å². The van der Waals surface area contributed by atoms with Crippen molar-refractivity contribution in [2.75, 3.05) is 26.2 Å². The number of nitrogens with zero attached hydrogens (tertiary/aromatic N) is 2. The highest BCUT2D eigenvalue weighted by molar-refractivity contribution is 5.92. The number of hydrogen-bond acceptors (Lipinski definition) is 4. The van der Waals surface area contributed by atoms with Gasteiger partial charge in [0, 0.05) is 31.9 Å². The van der Waals surface area contributed by atoms with Gasteiger partial charge in [-0.3, -0.25) is 4.79 Å². The van der Waals surface area contributed by atoms with E-state index < -0.39 is 0 Å². The molecule has 5 heteroatoms. The predicted octanol–water partition coefficient (Wildman–Crippen LogP) is 0.0711. The van der Waals surface area contributed by atoms with Crippen LogP contribution in [0.5, 0.6) is 0 Å². The van der Waals surface area contributed by atoms with E-state index >= 15 is 0 Å². The maximum atomic E-state index is 12.5. The molecule has 1 unspecified atom stereocenters. The van der Waals surface area contributed by atoms with Gasteiger partial charge >= 0.3 is 0 Å². The van der Waals surface area contributed by atoms with Gasteiger partial charge in [0.25, 0.3) is 5.91 Å². The zero-order valence-corrected chi connectivity index (χ0v) is 10.9. The first-order valence-corrected chi connectivity index (χ1v) is 6.29. The molecule has 1 fully saturated rings. The minimum absolute atomic E-state index is 0.0150. The summed E-state index contributed by atoms with van der Waals surface area (Å²) in [7, 11) is 0. The first-order chi connectivity index (χ1) is 8.61. The second kappa shape index (κ2) is 5.46. The number of carbonyl (C=O) groups is 1. The van der Waals surface area contributed by atoms with Crippen molar-refractivity contribution in [1.82, 2.24) is 15.2 Å². The summed E-state index contributed by atoms with van der Waals surface area (Å²) in [4.78, 5) is 18.6. The topological polar surface area (TPSA) is 71.2 Å². The Morgan fingerprint density at radius 2 is 2.33 bits per heavy atom. The van der Waals surface area contributed by atoms with E-state index in [0.29, 0.717) is 18.8 Å². The van der Waals surface area contributed by atoms with E-state index in [9.17, 15) is 4.79 Å². The van der Waals surface area contributed by atoms with E-state index in [0.717, 1.165) is 24.3 Å². The Morgan fingerprint density at radius 3 is 3.00 bits per heavy atom. The first kappa shape index (κ1) is 13.0. The molecule has 0 spiro atoms. The Labute approximate surface area is 107 Å². The molecule has 1 aromatic rings. The molecule has 18 heavy (non-hydrogen) atoms. The van der Waals surface area contributed by atoms with Crippen LogP contribution in [0.3, 0.4) is 0 Å². The van der Waals surface area contributed by atoms with Crippen molar-refractivity contribution in [2.24, 2.45) is 5.73 Å². The minimum atomic E-state index is -0.0150. The fourth-order valence-corrected chi connectivity index (χ4v) is 2.34. The van der Waals surface area contributed by atoms with E-state index in [4.69, 9.17) is 5.73 Å². The van der Waals surface area contributed by atoms with Gasteiger partial charge in [0.15, 0.2) is 0 Å². The van der Waals surface area contributed by atoms with Crippen LogP contribution in [0.15, 0.2) is 12.1 Å². The molecule has 1 aliphatic heterocycles. The summed E-state index contributed by atoms with van der Waals surface area (Å²) in [6.07, 6.45) is 0. The van der Waals surface area contributed by atoms with Gasteiger partial charge in [-0.05, 0) is 31.5 Å². The summed E-state index contributed by atoms with van der Waals surface area (Å²) in [5.74, 6) is -0.0150. The number of nitrogens with one attached hydrogen (secondary N) is 1. The van der Waals surface area contributed by atoms with Gasteiger partial charge in [-0.15, -0.1) is 0 Å². The number of hydrogen-bond donors (Lipinski definition) is 2. The third-order valence-corrected chi connectivity index (χ3v) is 3.20.